The molecular weight excluding hydrogens is 398 g/mol. The third kappa shape index (κ3) is 6.53. The summed E-state index contributed by atoms with van der Waals surface area (Å²) in [6.07, 6.45) is 3.39. The lowest BCUT2D eigenvalue weighted by Crippen LogP contribution is -2.44. The van der Waals surface area contributed by atoms with Gasteiger partial charge >= 0.3 is 12.0 Å². The van der Waals surface area contributed by atoms with E-state index in [1.807, 2.05) is 6.92 Å². The van der Waals surface area contributed by atoms with E-state index in [1.165, 1.54) is 28.6 Å². The minimum atomic E-state index is -3.58. The molecule has 2 rings (SSSR count). The van der Waals surface area contributed by atoms with Gasteiger partial charge in [0.05, 0.1) is 10.5 Å². The highest BCUT2D eigenvalue weighted by Gasteiger charge is 2.26. The fraction of sp³-hybridized carbons (Fsp3) is 0.526. The van der Waals surface area contributed by atoms with E-state index in [1.54, 1.807) is 6.92 Å². The number of carbonyl (C=O) groups excluding carboxylic acids is 3. The van der Waals surface area contributed by atoms with E-state index >= 15 is 0 Å². The van der Waals surface area contributed by atoms with E-state index in [9.17, 15) is 22.8 Å². The number of imide groups is 1. The number of piperidine rings is 1. The Morgan fingerprint density at radius 2 is 1.72 bits per heavy atom. The van der Waals surface area contributed by atoms with E-state index in [4.69, 9.17) is 4.74 Å². The Kier molecular flexibility index (Phi) is 8.15. The van der Waals surface area contributed by atoms with Gasteiger partial charge in [-0.15, -0.1) is 0 Å². The summed E-state index contributed by atoms with van der Waals surface area (Å²) in [6, 6.07) is 4.62. The van der Waals surface area contributed by atoms with Crippen molar-refractivity contribution in [2.24, 2.45) is 0 Å². The average molecular weight is 426 g/mol. The van der Waals surface area contributed by atoms with Gasteiger partial charge in [-0.05, 0) is 50.5 Å². The van der Waals surface area contributed by atoms with Crippen LogP contribution in [0.15, 0.2) is 29.2 Å². The highest BCUT2D eigenvalue weighted by Crippen LogP contribution is 2.21. The number of hydrogen-bond acceptors (Lipinski definition) is 6. The number of sulfonamides is 1. The molecule has 0 unspecified atom stereocenters. The minimum Gasteiger partial charge on any atom is -0.452 e. The largest absolute Gasteiger partial charge is 0.452 e. The van der Waals surface area contributed by atoms with Crippen molar-refractivity contribution in [3.8, 4) is 0 Å². The predicted octanol–water partition coefficient (Wildman–Crippen LogP) is 1.64. The van der Waals surface area contributed by atoms with Crippen LogP contribution >= 0.6 is 0 Å². The normalized spacial score (nSPS) is 15.9. The van der Waals surface area contributed by atoms with Crippen LogP contribution < -0.4 is 10.6 Å². The Morgan fingerprint density at radius 3 is 2.31 bits per heavy atom. The summed E-state index contributed by atoms with van der Waals surface area (Å²) in [7, 11) is -3.58. The Balaban J connectivity index is 1.88. The molecular formula is C19H27N3O6S. The number of benzene rings is 1. The first-order valence-electron chi connectivity index (χ1n) is 9.61. The van der Waals surface area contributed by atoms with Crippen LogP contribution in [0.4, 0.5) is 4.79 Å². The monoisotopic (exact) mass is 425 g/mol. The summed E-state index contributed by atoms with van der Waals surface area (Å²) in [5.74, 6) is -1.55. The van der Waals surface area contributed by atoms with Gasteiger partial charge < -0.3 is 10.1 Å². The van der Waals surface area contributed by atoms with Crippen molar-refractivity contribution in [2.75, 3.05) is 19.7 Å². The van der Waals surface area contributed by atoms with Gasteiger partial charge in [0.1, 0.15) is 0 Å². The summed E-state index contributed by atoms with van der Waals surface area (Å²) >= 11 is 0. The summed E-state index contributed by atoms with van der Waals surface area (Å²) in [5, 5.41) is 4.62. The maximum absolute atomic E-state index is 12.6. The second kappa shape index (κ2) is 10.4. The lowest BCUT2D eigenvalue weighted by Gasteiger charge is -2.25. The first-order chi connectivity index (χ1) is 13.7. The molecule has 0 aliphatic carbocycles. The Hall–Kier alpha value is -2.46. The first-order valence-corrected chi connectivity index (χ1v) is 11.1. The van der Waals surface area contributed by atoms with Gasteiger partial charge in [-0.3, -0.25) is 10.1 Å². The van der Waals surface area contributed by atoms with Gasteiger partial charge in [-0.2, -0.15) is 4.31 Å². The molecule has 2 N–H and O–H groups in total. The van der Waals surface area contributed by atoms with Crippen LogP contribution in [0, 0.1) is 0 Å². The molecule has 0 aromatic heterocycles. The zero-order valence-corrected chi connectivity index (χ0v) is 17.5. The zero-order chi connectivity index (χ0) is 21.4. The molecule has 10 heteroatoms. The number of ether oxygens (including phenoxy) is 1. The third-order valence-corrected chi connectivity index (χ3v) is 6.53. The molecule has 1 aromatic rings. The average Bonchev–Trinajstić information content (AvgIpc) is 2.72. The molecule has 0 saturated carbocycles. The van der Waals surface area contributed by atoms with Crippen molar-refractivity contribution in [1.82, 2.24) is 14.9 Å². The first kappa shape index (κ1) is 22.8. The van der Waals surface area contributed by atoms with Crippen molar-refractivity contribution >= 4 is 27.9 Å². The maximum Gasteiger partial charge on any atom is 0.338 e. The number of urea groups is 1. The lowest BCUT2D eigenvalue weighted by atomic mass is 10.2. The Bertz CT molecular complexity index is 832. The number of esters is 1. The van der Waals surface area contributed by atoms with Crippen molar-refractivity contribution in [1.29, 1.82) is 0 Å². The molecule has 1 heterocycles. The van der Waals surface area contributed by atoms with Crippen molar-refractivity contribution in [3.63, 3.8) is 0 Å². The smallest absolute Gasteiger partial charge is 0.338 e. The number of nitrogens with zero attached hydrogens (tertiary/aromatic N) is 1. The van der Waals surface area contributed by atoms with E-state index in [0.717, 1.165) is 19.3 Å². The van der Waals surface area contributed by atoms with Crippen LogP contribution in [0.1, 0.15) is 49.9 Å². The molecule has 0 radical (unpaired) electrons. The third-order valence-electron chi connectivity index (χ3n) is 4.62. The summed E-state index contributed by atoms with van der Waals surface area (Å²) in [4.78, 5) is 35.4. The van der Waals surface area contributed by atoms with Gasteiger partial charge in [0.15, 0.2) is 6.61 Å². The number of rotatable bonds is 7. The number of hydrogen-bond donors (Lipinski definition) is 2. The molecule has 1 aliphatic heterocycles. The molecule has 160 valence electrons. The minimum absolute atomic E-state index is 0.0925. The Morgan fingerprint density at radius 1 is 1.10 bits per heavy atom. The fourth-order valence-corrected chi connectivity index (χ4v) is 4.27. The zero-order valence-electron chi connectivity index (χ0n) is 16.6. The SMILES string of the molecule is CC[C@H](C)NC(=O)NC(=O)COC(=O)c1ccc(S(=O)(=O)N2CCCCC2)cc1. The van der Waals surface area contributed by atoms with E-state index in [0.29, 0.717) is 19.5 Å². The Labute approximate surface area is 170 Å². The van der Waals surface area contributed by atoms with Crippen LogP contribution in [0.2, 0.25) is 0 Å². The van der Waals surface area contributed by atoms with Crippen LogP contribution in [0.25, 0.3) is 0 Å². The van der Waals surface area contributed by atoms with E-state index in [-0.39, 0.29) is 16.5 Å². The standard InChI is InChI=1S/C19H27N3O6S/c1-3-14(2)20-19(25)21-17(23)13-28-18(24)15-7-9-16(10-8-15)29(26,27)22-11-5-4-6-12-22/h7-10,14H,3-6,11-13H2,1-2H3,(H2,20,21,23,25)/t14-/m0/s1. The van der Waals surface area contributed by atoms with Crippen molar-refractivity contribution in [2.45, 2.75) is 50.5 Å². The maximum atomic E-state index is 12.6. The van der Waals surface area contributed by atoms with Crippen molar-refractivity contribution in [3.05, 3.63) is 29.8 Å². The molecule has 3 amide bonds. The van der Waals surface area contributed by atoms with Gasteiger partial charge in [-0.25, -0.2) is 18.0 Å². The molecule has 1 saturated heterocycles. The predicted molar refractivity (Wildman–Crippen MR) is 106 cm³/mol. The van der Waals surface area contributed by atoms with Gasteiger partial charge in [0.25, 0.3) is 5.91 Å². The number of amides is 3. The molecule has 0 spiro atoms. The van der Waals surface area contributed by atoms with Crippen LogP contribution in [-0.2, 0) is 19.6 Å². The second-order valence-corrected chi connectivity index (χ2v) is 8.83. The van der Waals surface area contributed by atoms with Crippen molar-refractivity contribution < 1.29 is 27.5 Å². The fourth-order valence-electron chi connectivity index (χ4n) is 2.76. The highest BCUT2D eigenvalue weighted by molar-refractivity contribution is 7.89. The molecule has 1 aromatic carbocycles. The molecule has 1 fully saturated rings. The van der Waals surface area contributed by atoms with E-state index < -0.39 is 34.5 Å². The summed E-state index contributed by atoms with van der Waals surface area (Å²) < 4.78 is 31.5. The molecule has 1 atom stereocenters. The van der Waals surface area contributed by atoms with E-state index in [2.05, 4.69) is 10.6 Å². The van der Waals surface area contributed by atoms with Crippen LogP contribution in [-0.4, -0.2) is 56.4 Å². The number of nitrogens with one attached hydrogen (secondary N) is 2. The molecule has 29 heavy (non-hydrogen) atoms. The lowest BCUT2D eigenvalue weighted by molar-refractivity contribution is -0.123. The molecule has 1 aliphatic rings. The summed E-state index contributed by atoms with van der Waals surface area (Å²) in [6.45, 7) is 4.04. The van der Waals surface area contributed by atoms with Gasteiger partial charge in [0.2, 0.25) is 10.0 Å². The van der Waals surface area contributed by atoms with Gasteiger partial charge in [-0.1, -0.05) is 13.3 Å². The second-order valence-electron chi connectivity index (χ2n) is 6.90. The molecule has 0 bridgehead atoms. The van der Waals surface area contributed by atoms with Crippen LogP contribution in [0.5, 0.6) is 0 Å². The quantitative estimate of drug-likeness (QED) is 0.641. The summed E-state index contributed by atoms with van der Waals surface area (Å²) in [5.41, 5.74) is 0.111. The highest BCUT2D eigenvalue weighted by atomic mass is 32.2. The van der Waals surface area contributed by atoms with Crippen LogP contribution in [0.3, 0.4) is 0 Å². The number of carbonyl (C=O) groups is 3. The molecule has 9 nitrogen and oxygen atoms in total. The topological polar surface area (TPSA) is 122 Å². The van der Waals surface area contributed by atoms with Gasteiger partial charge in [0, 0.05) is 19.1 Å².